The van der Waals surface area contributed by atoms with Gasteiger partial charge in [-0.2, -0.15) is 0 Å². The van der Waals surface area contributed by atoms with Crippen molar-refractivity contribution in [1.29, 1.82) is 0 Å². The molecule has 0 amide bonds. The van der Waals surface area contributed by atoms with Gasteiger partial charge in [0.25, 0.3) is 0 Å². The van der Waals surface area contributed by atoms with Crippen molar-refractivity contribution in [3.8, 4) is 0 Å². The highest BCUT2D eigenvalue weighted by Crippen LogP contribution is 3.16. The molecule has 0 aromatic rings. The summed E-state index contributed by atoms with van der Waals surface area (Å²) in [5, 5.41) is 0. The second-order valence-electron chi connectivity index (χ2n) is 7.00. The van der Waals surface area contributed by atoms with Gasteiger partial charge in [0.05, 0.1) is 7.11 Å². The molecule has 3 saturated carbocycles. The lowest BCUT2D eigenvalue weighted by atomic mass is 9.52. The zero-order valence-corrected chi connectivity index (χ0v) is 11.3. The van der Waals surface area contributed by atoms with Gasteiger partial charge in [-0.15, -0.1) is 0 Å². The number of hydrogen-bond acceptors (Lipinski definition) is 2. The zero-order chi connectivity index (χ0) is 12.4. The molecule has 92 valence electrons. The van der Waals surface area contributed by atoms with Crippen LogP contribution in [0.5, 0.6) is 0 Å². The number of methoxy groups -OCH3 is 1. The molecule has 0 saturated heterocycles. The fourth-order valence-electron chi connectivity index (χ4n) is 6.80. The molecule has 17 heavy (non-hydrogen) atoms. The Balaban J connectivity index is 1.89. The number of fused-ring (bicyclic) bond motifs is 2. The van der Waals surface area contributed by atoms with Crippen LogP contribution in [-0.2, 0) is 9.53 Å². The number of carbonyl (C=O) groups excluding carboxylic acids is 1. The first kappa shape index (κ1) is 10.2. The maximum absolute atomic E-state index is 12.2. The van der Waals surface area contributed by atoms with Gasteiger partial charge in [0.1, 0.15) is 5.76 Å². The number of rotatable bonds is 3. The lowest BCUT2D eigenvalue weighted by molar-refractivity contribution is -0.118. The highest BCUT2D eigenvalue weighted by molar-refractivity contribution is 6.00. The van der Waals surface area contributed by atoms with E-state index in [2.05, 4.69) is 20.8 Å². The topological polar surface area (TPSA) is 26.3 Å². The zero-order valence-electron chi connectivity index (χ0n) is 11.3. The minimum atomic E-state index is 0.125. The van der Waals surface area contributed by atoms with Gasteiger partial charge < -0.3 is 4.74 Å². The van der Waals surface area contributed by atoms with Gasteiger partial charge in [0.15, 0.2) is 5.78 Å². The van der Waals surface area contributed by atoms with E-state index in [9.17, 15) is 4.79 Å². The Kier molecular flexibility index (Phi) is 1.26. The first-order chi connectivity index (χ1) is 7.88. The second kappa shape index (κ2) is 2.10. The van der Waals surface area contributed by atoms with Gasteiger partial charge in [-0.3, -0.25) is 4.79 Å². The average molecular weight is 232 g/mol. The second-order valence-corrected chi connectivity index (χ2v) is 7.00. The Bertz CT molecular complexity index is 519. The number of carbonyl (C=O) groups is 1. The molecule has 0 N–H and O–H groups in total. The number of hydrogen-bond donors (Lipinski definition) is 0. The molecular formula is C15H20O2. The molecule has 3 fully saturated rings. The van der Waals surface area contributed by atoms with E-state index in [-0.39, 0.29) is 5.41 Å². The number of ether oxygens (including phenoxy) is 1. The predicted octanol–water partition coefficient (Wildman–Crippen LogP) is 2.93. The Hall–Kier alpha value is -0.790. The van der Waals surface area contributed by atoms with Crippen molar-refractivity contribution in [3.05, 3.63) is 11.3 Å². The molecule has 0 heterocycles. The van der Waals surface area contributed by atoms with Crippen LogP contribution in [0.1, 0.15) is 40.5 Å². The molecule has 2 nitrogen and oxygen atoms in total. The SMILES string of the molecule is CCC(=O)C1=C(OC)C2C3(C)C4(C)CC1(C)C243. The molecule has 0 aromatic heterocycles. The van der Waals surface area contributed by atoms with Crippen LogP contribution in [0.15, 0.2) is 11.3 Å². The van der Waals surface area contributed by atoms with Crippen molar-refractivity contribution < 1.29 is 9.53 Å². The van der Waals surface area contributed by atoms with Crippen LogP contribution in [0.2, 0.25) is 0 Å². The normalized spacial score (nSPS) is 60.4. The summed E-state index contributed by atoms with van der Waals surface area (Å²) in [5.74, 6) is 1.90. The maximum atomic E-state index is 12.2. The first-order valence-electron chi connectivity index (χ1n) is 6.70. The van der Waals surface area contributed by atoms with Gasteiger partial charge in [0, 0.05) is 28.7 Å². The molecule has 0 radical (unpaired) electrons. The quantitative estimate of drug-likeness (QED) is 0.748. The van der Waals surface area contributed by atoms with E-state index in [4.69, 9.17) is 4.74 Å². The van der Waals surface area contributed by atoms with Gasteiger partial charge >= 0.3 is 0 Å². The summed E-state index contributed by atoms with van der Waals surface area (Å²) >= 11 is 0. The summed E-state index contributed by atoms with van der Waals surface area (Å²) in [6, 6.07) is 0. The molecule has 5 unspecified atom stereocenters. The highest BCUT2D eigenvalue weighted by Gasteiger charge is 3.13. The van der Waals surface area contributed by atoms with Crippen LogP contribution in [0.4, 0.5) is 0 Å². The minimum Gasteiger partial charge on any atom is -0.500 e. The average Bonchev–Trinajstić information content (AvgIpc) is 2.98. The number of ketones is 1. The van der Waals surface area contributed by atoms with Crippen molar-refractivity contribution in [2.24, 2.45) is 27.6 Å². The molecular weight excluding hydrogens is 212 g/mol. The van der Waals surface area contributed by atoms with E-state index in [1.54, 1.807) is 7.11 Å². The number of Topliss-reactive ketones (excluding diaryl/α,β-unsaturated/α-hetero) is 1. The molecule has 2 heteroatoms. The van der Waals surface area contributed by atoms with Crippen molar-refractivity contribution in [1.82, 2.24) is 0 Å². The summed E-state index contributed by atoms with van der Waals surface area (Å²) in [4.78, 5) is 12.2. The van der Waals surface area contributed by atoms with Crippen LogP contribution in [-0.4, -0.2) is 12.9 Å². The fourth-order valence-corrected chi connectivity index (χ4v) is 6.80. The van der Waals surface area contributed by atoms with Crippen LogP contribution in [0, 0.1) is 27.6 Å². The maximum Gasteiger partial charge on any atom is 0.162 e. The molecule has 0 aliphatic heterocycles. The lowest BCUT2D eigenvalue weighted by Crippen LogP contribution is -2.46. The predicted molar refractivity (Wildman–Crippen MR) is 64.2 cm³/mol. The van der Waals surface area contributed by atoms with Crippen molar-refractivity contribution in [2.45, 2.75) is 40.5 Å². The standard InChI is InChI=1S/C15H20O2/c1-6-8(16)9-10(17-5)11-14(4)13(3)7-12(9,2)15(11,13)14/h11H,6-7H2,1-5H3. The molecule has 4 aliphatic rings. The monoisotopic (exact) mass is 232 g/mol. The first-order valence-corrected chi connectivity index (χ1v) is 6.70. The largest absolute Gasteiger partial charge is 0.500 e. The minimum absolute atomic E-state index is 0.125. The van der Waals surface area contributed by atoms with Crippen LogP contribution < -0.4 is 0 Å². The van der Waals surface area contributed by atoms with Crippen LogP contribution in [0.3, 0.4) is 0 Å². The van der Waals surface area contributed by atoms with E-state index < -0.39 is 0 Å². The Labute approximate surface area is 102 Å². The van der Waals surface area contributed by atoms with Crippen molar-refractivity contribution in [3.63, 3.8) is 0 Å². The van der Waals surface area contributed by atoms with Crippen molar-refractivity contribution >= 4 is 5.78 Å². The third kappa shape index (κ3) is 0.523. The summed E-state index contributed by atoms with van der Waals surface area (Å²) in [6.45, 7) is 9.06. The van der Waals surface area contributed by atoms with Gasteiger partial charge in [-0.1, -0.05) is 27.7 Å². The van der Waals surface area contributed by atoms with Crippen molar-refractivity contribution in [2.75, 3.05) is 7.11 Å². The molecule has 5 atom stereocenters. The van der Waals surface area contributed by atoms with Crippen LogP contribution in [0.25, 0.3) is 0 Å². The fraction of sp³-hybridized carbons (Fsp3) is 0.800. The molecule has 4 rings (SSSR count). The summed E-state index contributed by atoms with van der Waals surface area (Å²) < 4.78 is 5.63. The summed E-state index contributed by atoms with van der Waals surface area (Å²) in [5.41, 5.74) is 2.51. The van der Waals surface area contributed by atoms with E-state index in [0.29, 0.717) is 34.4 Å². The molecule has 1 spiro atoms. The number of allylic oxidation sites excluding steroid dienone is 2. The van der Waals surface area contributed by atoms with E-state index >= 15 is 0 Å². The van der Waals surface area contributed by atoms with Gasteiger partial charge in [-0.25, -0.2) is 0 Å². The van der Waals surface area contributed by atoms with E-state index in [0.717, 1.165) is 11.3 Å². The van der Waals surface area contributed by atoms with E-state index in [1.807, 2.05) is 6.92 Å². The van der Waals surface area contributed by atoms with E-state index in [1.165, 1.54) is 6.42 Å². The third-order valence-electron chi connectivity index (χ3n) is 7.16. The Morgan fingerprint density at radius 3 is 2.53 bits per heavy atom. The summed E-state index contributed by atoms with van der Waals surface area (Å²) in [7, 11) is 1.74. The lowest BCUT2D eigenvalue weighted by Gasteiger charge is -2.49. The van der Waals surface area contributed by atoms with Gasteiger partial charge in [-0.05, 0) is 17.3 Å². The van der Waals surface area contributed by atoms with Gasteiger partial charge in [0.2, 0.25) is 0 Å². The highest BCUT2D eigenvalue weighted by atomic mass is 16.5. The third-order valence-corrected chi connectivity index (χ3v) is 7.16. The Morgan fingerprint density at radius 1 is 1.41 bits per heavy atom. The molecule has 0 aromatic carbocycles. The molecule has 4 aliphatic carbocycles. The smallest absolute Gasteiger partial charge is 0.162 e. The molecule has 0 bridgehead atoms. The Morgan fingerprint density at radius 2 is 2.06 bits per heavy atom. The van der Waals surface area contributed by atoms with Crippen LogP contribution >= 0.6 is 0 Å². The summed E-state index contributed by atoms with van der Waals surface area (Å²) in [6.07, 6.45) is 1.79.